The minimum Gasteiger partial charge on any atom is -0.497 e. The van der Waals surface area contributed by atoms with Crippen LogP contribution in [0.4, 0.5) is 0 Å². The number of carbonyl (C=O) groups excluding carboxylic acids is 2. The normalized spacial score (nSPS) is 11.0. The minimum atomic E-state index is -0.218. The van der Waals surface area contributed by atoms with E-state index in [1.54, 1.807) is 38.3 Å². The standard InChI is InChI=1S/C14H21N3O3.ClH/c1-10(9-15)13(18)16-6-7-17-14(19)11-4-3-5-12(8-11)20-2;/h3-5,8,10H,6-7,9,15H2,1-2H3,(H,16,18)(H,17,19);1H. The van der Waals surface area contributed by atoms with Crippen LogP contribution in [0.1, 0.15) is 17.3 Å². The highest BCUT2D eigenvalue weighted by molar-refractivity contribution is 5.94. The van der Waals surface area contributed by atoms with Gasteiger partial charge in [-0.2, -0.15) is 0 Å². The summed E-state index contributed by atoms with van der Waals surface area (Å²) in [6.45, 7) is 2.80. The van der Waals surface area contributed by atoms with Crippen molar-refractivity contribution in [1.82, 2.24) is 10.6 Å². The lowest BCUT2D eigenvalue weighted by Crippen LogP contribution is -2.38. The van der Waals surface area contributed by atoms with Crippen LogP contribution in [0.25, 0.3) is 0 Å². The Morgan fingerprint density at radius 2 is 1.95 bits per heavy atom. The third kappa shape index (κ3) is 6.46. The average molecular weight is 316 g/mol. The Kier molecular flexibility index (Phi) is 9.16. The monoisotopic (exact) mass is 315 g/mol. The zero-order valence-corrected chi connectivity index (χ0v) is 13.0. The van der Waals surface area contributed by atoms with E-state index in [1.807, 2.05) is 0 Å². The predicted molar refractivity (Wildman–Crippen MR) is 83.8 cm³/mol. The van der Waals surface area contributed by atoms with Crippen molar-refractivity contribution in [2.75, 3.05) is 26.7 Å². The molecule has 21 heavy (non-hydrogen) atoms. The van der Waals surface area contributed by atoms with Crippen LogP contribution in [0.5, 0.6) is 5.75 Å². The first-order chi connectivity index (χ1) is 9.58. The van der Waals surface area contributed by atoms with Crippen molar-refractivity contribution in [2.45, 2.75) is 6.92 Å². The van der Waals surface area contributed by atoms with Gasteiger partial charge in [0.2, 0.25) is 5.91 Å². The van der Waals surface area contributed by atoms with E-state index in [0.717, 1.165) is 0 Å². The molecule has 0 aromatic heterocycles. The van der Waals surface area contributed by atoms with Crippen LogP contribution in [-0.2, 0) is 4.79 Å². The Morgan fingerprint density at radius 3 is 2.57 bits per heavy atom. The molecule has 1 unspecified atom stereocenters. The number of ether oxygens (including phenoxy) is 1. The molecule has 1 rings (SSSR count). The average Bonchev–Trinajstić information content (AvgIpc) is 2.50. The van der Waals surface area contributed by atoms with E-state index in [4.69, 9.17) is 10.5 Å². The lowest BCUT2D eigenvalue weighted by Gasteiger charge is -2.10. The molecule has 0 aliphatic heterocycles. The highest BCUT2D eigenvalue weighted by Crippen LogP contribution is 2.12. The fourth-order valence-corrected chi connectivity index (χ4v) is 1.51. The lowest BCUT2D eigenvalue weighted by molar-refractivity contribution is -0.124. The molecule has 0 bridgehead atoms. The molecular weight excluding hydrogens is 294 g/mol. The van der Waals surface area contributed by atoms with E-state index in [-0.39, 0.29) is 30.1 Å². The number of nitrogens with one attached hydrogen (secondary N) is 2. The topological polar surface area (TPSA) is 93.5 Å². The summed E-state index contributed by atoms with van der Waals surface area (Å²) in [6.07, 6.45) is 0. The van der Waals surface area contributed by atoms with Gasteiger partial charge in [0.25, 0.3) is 5.91 Å². The fraction of sp³-hybridized carbons (Fsp3) is 0.429. The quantitative estimate of drug-likeness (QED) is 0.641. The molecular formula is C14H22ClN3O3. The minimum absolute atomic E-state index is 0. The lowest BCUT2D eigenvalue weighted by atomic mass is 10.2. The molecule has 0 radical (unpaired) electrons. The van der Waals surface area contributed by atoms with Gasteiger partial charge in [0.1, 0.15) is 5.75 Å². The molecule has 0 fully saturated rings. The number of methoxy groups -OCH3 is 1. The molecule has 7 heteroatoms. The van der Waals surface area contributed by atoms with E-state index < -0.39 is 0 Å². The van der Waals surface area contributed by atoms with Crippen molar-refractivity contribution in [1.29, 1.82) is 0 Å². The van der Waals surface area contributed by atoms with E-state index in [9.17, 15) is 9.59 Å². The van der Waals surface area contributed by atoms with E-state index in [0.29, 0.717) is 30.9 Å². The van der Waals surface area contributed by atoms with Crippen LogP contribution < -0.4 is 21.1 Å². The van der Waals surface area contributed by atoms with Gasteiger partial charge < -0.3 is 21.1 Å². The van der Waals surface area contributed by atoms with Crippen LogP contribution in [0.3, 0.4) is 0 Å². The molecule has 1 atom stereocenters. The van der Waals surface area contributed by atoms with Crippen molar-refractivity contribution < 1.29 is 14.3 Å². The summed E-state index contributed by atoms with van der Waals surface area (Å²) >= 11 is 0. The number of carbonyl (C=O) groups is 2. The van der Waals surface area contributed by atoms with Gasteiger partial charge in [0.15, 0.2) is 0 Å². The molecule has 118 valence electrons. The summed E-state index contributed by atoms with van der Waals surface area (Å²) in [5.41, 5.74) is 5.91. The Labute approximate surface area is 130 Å². The van der Waals surface area contributed by atoms with Crippen molar-refractivity contribution in [3.63, 3.8) is 0 Å². The Balaban J connectivity index is 0.00000400. The molecule has 0 saturated heterocycles. The molecule has 6 nitrogen and oxygen atoms in total. The van der Waals surface area contributed by atoms with Gasteiger partial charge in [-0.25, -0.2) is 0 Å². The summed E-state index contributed by atoms with van der Waals surface area (Å²) < 4.78 is 5.05. The summed E-state index contributed by atoms with van der Waals surface area (Å²) in [6, 6.07) is 6.88. The van der Waals surface area contributed by atoms with Crippen LogP contribution in [0.2, 0.25) is 0 Å². The number of benzene rings is 1. The van der Waals surface area contributed by atoms with Crippen molar-refractivity contribution in [2.24, 2.45) is 11.7 Å². The van der Waals surface area contributed by atoms with Gasteiger partial charge in [0.05, 0.1) is 7.11 Å². The smallest absolute Gasteiger partial charge is 0.251 e. The van der Waals surface area contributed by atoms with E-state index >= 15 is 0 Å². The van der Waals surface area contributed by atoms with Crippen LogP contribution in [0.15, 0.2) is 24.3 Å². The van der Waals surface area contributed by atoms with Crippen molar-refractivity contribution >= 4 is 24.2 Å². The number of hydrogen-bond donors (Lipinski definition) is 3. The summed E-state index contributed by atoms with van der Waals surface area (Å²) in [5, 5.41) is 5.43. The summed E-state index contributed by atoms with van der Waals surface area (Å²) in [5.74, 6) is 0.0972. The van der Waals surface area contributed by atoms with Crippen molar-refractivity contribution in [3.8, 4) is 5.75 Å². The molecule has 4 N–H and O–H groups in total. The number of rotatable bonds is 7. The largest absolute Gasteiger partial charge is 0.497 e. The third-order valence-electron chi connectivity index (χ3n) is 2.84. The number of amides is 2. The van der Waals surface area contributed by atoms with Gasteiger partial charge in [0, 0.05) is 31.1 Å². The van der Waals surface area contributed by atoms with Crippen molar-refractivity contribution in [3.05, 3.63) is 29.8 Å². The van der Waals surface area contributed by atoms with Crippen LogP contribution in [0, 0.1) is 5.92 Å². The zero-order chi connectivity index (χ0) is 15.0. The zero-order valence-electron chi connectivity index (χ0n) is 12.2. The molecule has 1 aromatic carbocycles. The number of nitrogens with two attached hydrogens (primary N) is 1. The fourth-order valence-electron chi connectivity index (χ4n) is 1.51. The van der Waals surface area contributed by atoms with E-state index in [2.05, 4.69) is 10.6 Å². The maximum atomic E-state index is 11.8. The molecule has 0 aliphatic carbocycles. The second-order valence-electron chi connectivity index (χ2n) is 4.42. The van der Waals surface area contributed by atoms with Gasteiger partial charge in [-0.15, -0.1) is 12.4 Å². The summed E-state index contributed by atoms with van der Waals surface area (Å²) in [4.78, 5) is 23.3. The maximum absolute atomic E-state index is 11.8. The Morgan fingerprint density at radius 1 is 1.29 bits per heavy atom. The molecule has 0 saturated carbocycles. The molecule has 0 spiro atoms. The number of hydrogen-bond acceptors (Lipinski definition) is 4. The Hall–Kier alpha value is -1.79. The number of halogens is 1. The van der Waals surface area contributed by atoms with Gasteiger partial charge in [-0.1, -0.05) is 13.0 Å². The van der Waals surface area contributed by atoms with Gasteiger partial charge in [-0.3, -0.25) is 9.59 Å². The first kappa shape index (κ1) is 19.2. The highest BCUT2D eigenvalue weighted by atomic mass is 35.5. The molecule has 0 heterocycles. The summed E-state index contributed by atoms with van der Waals surface area (Å²) in [7, 11) is 1.55. The Bertz CT molecular complexity index is 469. The first-order valence-electron chi connectivity index (χ1n) is 6.48. The van der Waals surface area contributed by atoms with Gasteiger partial charge >= 0.3 is 0 Å². The van der Waals surface area contributed by atoms with Gasteiger partial charge in [-0.05, 0) is 18.2 Å². The second-order valence-corrected chi connectivity index (χ2v) is 4.42. The van der Waals surface area contributed by atoms with Crippen LogP contribution in [-0.4, -0.2) is 38.6 Å². The maximum Gasteiger partial charge on any atom is 0.251 e. The molecule has 0 aliphatic rings. The highest BCUT2D eigenvalue weighted by Gasteiger charge is 2.10. The third-order valence-corrected chi connectivity index (χ3v) is 2.84. The second kappa shape index (κ2) is 10.0. The first-order valence-corrected chi connectivity index (χ1v) is 6.48. The van der Waals surface area contributed by atoms with E-state index in [1.165, 1.54) is 0 Å². The molecule has 2 amide bonds. The molecule has 1 aromatic rings. The predicted octanol–water partition coefficient (Wildman–Crippen LogP) is 0.558. The SMILES string of the molecule is COc1cccc(C(=O)NCCNC(=O)C(C)CN)c1.Cl. The van der Waals surface area contributed by atoms with Crippen LogP contribution >= 0.6 is 12.4 Å².